The second-order valence-electron chi connectivity index (χ2n) is 6.04. The van der Waals surface area contributed by atoms with Gasteiger partial charge in [0.25, 0.3) is 5.91 Å². The normalized spacial score (nSPS) is 25.2. The molecule has 2 aliphatic heterocycles. The Morgan fingerprint density at radius 2 is 2.10 bits per heavy atom. The molecule has 108 valence electrons. The van der Waals surface area contributed by atoms with E-state index in [0.717, 1.165) is 27.9 Å². The smallest absolute Gasteiger partial charge is 0.263 e. The third kappa shape index (κ3) is 1.52. The molecule has 2 aliphatic rings. The third-order valence-corrected chi connectivity index (χ3v) is 4.66. The van der Waals surface area contributed by atoms with E-state index in [0.29, 0.717) is 19.5 Å². The maximum Gasteiger partial charge on any atom is 0.263 e. The molecule has 4 rings (SSSR count). The van der Waals surface area contributed by atoms with Crippen LogP contribution in [0.1, 0.15) is 11.3 Å². The summed E-state index contributed by atoms with van der Waals surface area (Å²) < 4.78 is 0. The third-order valence-electron chi connectivity index (χ3n) is 4.66. The van der Waals surface area contributed by atoms with E-state index in [4.69, 9.17) is 5.73 Å². The van der Waals surface area contributed by atoms with Crippen LogP contribution in [-0.4, -0.2) is 39.9 Å². The number of nitrogens with two attached hydrogens (primary N) is 1. The summed E-state index contributed by atoms with van der Waals surface area (Å²) in [6, 6.07) is 8.15. The molecule has 21 heavy (non-hydrogen) atoms. The van der Waals surface area contributed by atoms with E-state index in [9.17, 15) is 4.79 Å². The standard InChI is InChI=1S/C16H18N4O/c1-10-8-19(2)15(21)16(17)7-12-11-5-3-4-6-13(11)18-14(12)9-20(10)16/h3-6,18H,1,7-9,17H2,2H3. The van der Waals surface area contributed by atoms with Crippen LogP contribution in [0.25, 0.3) is 10.9 Å². The molecule has 0 bridgehead atoms. The van der Waals surface area contributed by atoms with Gasteiger partial charge in [-0.1, -0.05) is 24.8 Å². The number of nitrogens with zero attached hydrogens (tertiary/aromatic N) is 2. The highest BCUT2D eigenvalue weighted by Crippen LogP contribution is 2.37. The van der Waals surface area contributed by atoms with Crippen molar-refractivity contribution in [2.75, 3.05) is 13.6 Å². The molecule has 1 saturated heterocycles. The van der Waals surface area contributed by atoms with Gasteiger partial charge < -0.3 is 20.5 Å². The van der Waals surface area contributed by atoms with E-state index >= 15 is 0 Å². The number of H-pyrrole nitrogens is 1. The van der Waals surface area contributed by atoms with E-state index in [1.54, 1.807) is 11.9 Å². The number of benzene rings is 1. The molecule has 3 N–H and O–H groups in total. The number of nitrogens with one attached hydrogen (secondary N) is 1. The van der Waals surface area contributed by atoms with Crippen LogP contribution in [0.2, 0.25) is 0 Å². The van der Waals surface area contributed by atoms with Gasteiger partial charge in [0.2, 0.25) is 0 Å². The number of likely N-dealkylation sites (N-methyl/N-ethyl adjacent to an activating group) is 1. The molecule has 0 spiro atoms. The summed E-state index contributed by atoms with van der Waals surface area (Å²) in [5, 5.41) is 1.16. The van der Waals surface area contributed by atoms with Crippen molar-refractivity contribution in [1.82, 2.24) is 14.8 Å². The second kappa shape index (κ2) is 3.89. The number of piperazine rings is 1. The highest BCUT2D eigenvalue weighted by atomic mass is 16.2. The first-order valence-electron chi connectivity index (χ1n) is 7.09. The zero-order valence-electron chi connectivity index (χ0n) is 12.0. The average molecular weight is 282 g/mol. The monoisotopic (exact) mass is 282 g/mol. The predicted molar refractivity (Wildman–Crippen MR) is 81.2 cm³/mol. The van der Waals surface area contributed by atoms with Crippen molar-refractivity contribution in [3.8, 4) is 0 Å². The lowest BCUT2D eigenvalue weighted by molar-refractivity contribution is -0.147. The largest absolute Gasteiger partial charge is 0.357 e. The van der Waals surface area contributed by atoms with E-state index in [1.807, 2.05) is 17.0 Å². The number of hydrogen-bond acceptors (Lipinski definition) is 3. The number of carbonyl (C=O) groups is 1. The van der Waals surface area contributed by atoms with Crippen LogP contribution in [0.5, 0.6) is 0 Å². The number of aromatic amines is 1. The molecule has 1 amide bonds. The fourth-order valence-electron chi connectivity index (χ4n) is 3.60. The lowest BCUT2D eigenvalue weighted by atomic mass is 9.88. The SMILES string of the molecule is C=C1CN(C)C(=O)C2(N)Cc3c([nH]c4ccccc34)CN12. The van der Waals surface area contributed by atoms with Gasteiger partial charge in [-0.3, -0.25) is 4.79 Å². The Kier molecular flexibility index (Phi) is 2.31. The summed E-state index contributed by atoms with van der Waals surface area (Å²) in [6.45, 7) is 5.24. The fraction of sp³-hybridized carbons (Fsp3) is 0.312. The first-order chi connectivity index (χ1) is 10.0. The molecule has 2 aromatic rings. The van der Waals surface area contributed by atoms with Crippen molar-refractivity contribution in [3.05, 3.63) is 47.8 Å². The summed E-state index contributed by atoms with van der Waals surface area (Å²) >= 11 is 0. The van der Waals surface area contributed by atoms with Crippen LogP contribution in [-0.2, 0) is 17.8 Å². The van der Waals surface area contributed by atoms with Gasteiger partial charge in [-0.05, 0) is 11.6 Å². The number of aromatic nitrogens is 1. The summed E-state index contributed by atoms with van der Waals surface area (Å²) in [5.41, 5.74) is 9.78. The summed E-state index contributed by atoms with van der Waals surface area (Å²) in [5.74, 6) is -0.0363. The summed E-state index contributed by atoms with van der Waals surface area (Å²) in [6.07, 6.45) is 0.508. The first-order valence-corrected chi connectivity index (χ1v) is 7.09. The minimum Gasteiger partial charge on any atom is -0.357 e. The van der Waals surface area contributed by atoms with E-state index < -0.39 is 5.66 Å². The second-order valence-corrected chi connectivity index (χ2v) is 6.04. The average Bonchev–Trinajstić information content (AvgIpc) is 2.81. The van der Waals surface area contributed by atoms with Crippen molar-refractivity contribution in [2.24, 2.45) is 5.73 Å². The lowest BCUT2D eigenvalue weighted by Crippen LogP contribution is -2.71. The van der Waals surface area contributed by atoms with Crippen molar-refractivity contribution < 1.29 is 4.79 Å². The number of para-hydroxylation sites is 1. The van der Waals surface area contributed by atoms with Gasteiger partial charge in [-0.2, -0.15) is 0 Å². The molecule has 5 nitrogen and oxygen atoms in total. The Morgan fingerprint density at radius 1 is 1.33 bits per heavy atom. The van der Waals surface area contributed by atoms with Crippen molar-refractivity contribution in [1.29, 1.82) is 0 Å². The topological polar surface area (TPSA) is 65.4 Å². The number of fused-ring (bicyclic) bond motifs is 4. The van der Waals surface area contributed by atoms with E-state index in [2.05, 4.69) is 23.7 Å². The van der Waals surface area contributed by atoms with Gasteiger partial charge >= 0.3 is 0 Å². The maximum atomic E-state index is 12.6. The molecule has 0 aliphatic carbocycles. The van der Waals surface area contributed by atoms with Gasteiger partial charge in [-0.15, -0.1) is 0 Å². The highest BCUT2D eigenvalue weighted by Gasteiger charge is 2.49. The molecule has 1 fully saturated rings. The van der Waals surface area contributed by atoms with Gasteiger partial charge in [0, 0.05) is 35.8 Å². The molecule has 1 unspecified atom stereocenters. The molecule has 0 radical (unpaired) electrons. The zero-order valence-corrected chi connectivity index (χ0v) is 12.0. The van der Waals surface area contributed by atoms with Crippen LogP contribution in [0, 0.1) is 0 Å². The number of amides is 1. The predicted octanol–water partition coefficient (Wildman–Crippen LogP) is 1.17. The van der Waals surface area contributed by atoms with Gasteiger partial charge in [-0.25, -0.2) is 0 Å². The molecule has 5 heteroatoms. The molecule has 1 aromatic carbocycles. The van der Waals surface area contributed by atoms with Gasteiger partial charge in [0.05, 0.1) is 13.1 Å². The first kappa shape index (κ1) is 12.5. The molecular weight excluding hydrogens is 264 g/mol. The quantitative estimate of drug-likeness (QED) is 0.762. The van der Waals surface area contributed by atoms with Crippen LogP contribution < -0.4 is 5.73 Å². The molecule has 3 heterocycles. The number of carbonyl (C=O) groups excluding carboxylic acids is 1. The molecule has 0 saturated carbocycles. The summed E-state index contributed by atoms with van der Waals surface area (Å²) in [7, 11) is 1.78. The molecule has 1 atom stereocenters. The molecular formula is C16H18N4O. The zero-order chi connectivity index (χ0) is 14.8. The Hall–Kier alpha value is -2.27. The molecule has 1 aromatic heterocycles. The minimum atomic E-state index is -1.01. The Bertz CT molecular complexity index is 778. The maximum absolute atomic E-state index is 12.6. The minimum absolute atomic E-state index is 0.0363. The Labute approximate surface area is 123 Å². The van der Waals surface area contributed by atoms with Crippen LogP contribution in [0.3, 0.4) is 0 Å². The van der Waals surface area contributed by atoms with Crippen molar-refractivity contribution in [2.45, 2.75) is 18.6 Å². The van der Waals surface area contributed by atoms with Crippen LogP contribution in [0.15, 0.2) is 36.5 Å². The number of hydrogen-bond donors (Lipinski definition) is 2. The van der Waals surface area contributed by atoms with E-state index in [1.165, 1.54) is 0 Å². The van der Waals surface area contributed by atoms with Crippen molar-refractivity contribution >= 4 is 16.8 Å². The van der Waals surface area contributed by atoms with Gasteiger partial charge in [0.1, 0.15) is 0 Å². The number of rotatable bonds is 0. The van der Waals surface area contributed by atoms with Gasteiger partial charge in [0.15, 0.2) is 5.66 Å². The van der Waals surface area contributed by atoms with E-state index in [-0.39, 0.29) is 5.91 Å². The highest BCUT2D eigenvalue weighted by molar-refractivity contribution is 5.91. The van der Waals surface area contributed by atoms with Crippen molar-refractivity contribution in [3.63, 3.8) is 0 Å². The fourth-order valence-corrected chi connectivity index (χ4v) is 3.60. The summed E-state index contributed by atoms with van der Waals surface area (Å²) in [4.78, 5) is 19.7. The van der Waals surface area contributed by atoms with Crippen LogP contribution in [0.4, 0.5) is 0 Å². The Balaban J connectivity index is 1.90. The Morgan fingerprint density at radius 3 is 2.90 bits per heavy atom. The van der Waals surface area contributed by atoms with Crippen LogP contribution >= 0.6 is 0 Å². The lowest BCUT2D eigenvalue weighted by Gasteiger charge is -2.50.